The van der Waals surface area contributed by atoms with Gasteiger partial charge in [0, 0.05) is 11.8 Å². The minimum absolute atomic E-state index is 0.0852. The summed E-state index contributed by atoms with van der Waals surface area (Å²) in [5.74, 6) is -0.856. The Morgan fingerprint density at radius 1 is 1.18 bits per heavy atom. The van der Waals surface area contributed by atoms with E-state index in [-0.39, 0.29) is 12.3 Å². The number of nitrogens with zero attached hydrogens (tertiary/aromatic N) is 1. The van der Waals surface area contributed by atoms with Gasteiger partial charge in [0.05, 0.1) is 12.1 Å². The molecule has 1 aromatic heterocycles. The maximum absolute atomic E-state index is 11.9. The number of amides is 1. The second-order valence-electron chi connectivity index (χ2n) is 4.96. The van der Waals surface area contributed by atoms with Gasteiger partial charge < -0.3 is 10.4 Å². The molecule has 1 aromatic carbocycles. The van der Waals surface area contributed by atoms with Crippen molar-refractivity contribution >= 4 is 28.3 Å². The Kier molecular flexibility index (Phi) is 6.09. The third-order valence-electron chi connectivity index (χ3n) is 3.08. The SMILES string of the molecule is O=C(O)CCCCc1csc(NC(=O)Cc2ccccc2)n1. The second-order valence-corrected chi connectivity index (χ2v) is 5.81. The van der Waals surface area contributed by atoms with Crippen molar-refractivity contribution in [2.75, 3.05) is 5.32 Å². The van der Waals surface area contributed by atoms with Crippen LogP contribution in [-0.2, 0) is 22.4 Å². The molecule has 2 aromatic rings. The van der Waals surface area contributed by atoms with E-state index in [9.17, 15) is 9.59 Å². The number of unbranched alkanes of at least 4 members (excludes halogenated alkanes) is 1. The zero-order valence-electron chi connectivity index (χ0n) is 12.1. The van der Waals surface area contributed by atoms with Gasteiger partial charge >= 0.3 is 5.97 Å². The molecule has 1 heterocycles. The summed E-state index contributed by atoms with van der Waals surface area (Å²) in [6.45, 7) is 0. The monoisotopic (exact) mass is 318 g/mol. The summed E-state index contributed by atoms with van der Waals surface area (Å²) < 4.78 is 0. The number of benzene rings is 1. The third-order valence-corrected chi connectivity index (χ3v) is 3.89. The number of rotatable bonds is 8. The minimum Gasteiger partial charge on any atom is -0.481 e. The number of anilines is 1. The number of hydrogen-bond acceptors (Lipinski definition) is 4. The first kappa shape index (κ1) is 16.2. The quantitative estimate of drug-likeness (QED) is 0.733. The van der Waals surface area contributed by atoms with Gasteiger partial charge in [0.1, 0.15) is 0 Å². The summed E-state index contributed by atoms with van der Waals surface area (Å²) in [6, 6.07) is 9.55. The number of hydrogen-bond donors (Lipinski definition) is 2. The van der Waals surface area contributed by atoms with Crippen LogP contribution in [0.25, 0.3) is 0 Å². The molecule has 0 unspecified atom stereocenters. The van der Waals surface area contributed by atoms with Crippen molar-refractivity contribution in [2.45, 2.75) is 32.1 Å². The summed E-state index contributed by atoms with van der Waals surface area (Å²) >= 11 is 1.39. The molecule has 2 rings (SSSR count). The van der Waals surface area contributed by atoms with Gasteiger partial charge in [-0.05, 0) is 24.8 Å². The molecule has 0 spiro atoms. The number of carboxylic acid groups (broad SMARTS) is 1. The molecule has 22 heavy (non-hydrogen) atoms. The topological polar surface area (TPSA) is 79.3 Å². The minimum atomic E-state index is -0.771. The predicted octanol–water partition coefficient (Wildman–Crippen LogP) is 3.12. The maximum atomic E-state index is 11.9. The number of carbonyl (C=O) groups excluding carboxylic acids is 1. The lowest BCUT2D eigenvalue weighted by Crippen LogP contribution is -2.14. The van der Waals surface area contributed by atoms with Crippen molar-refractivity contribution in [3.63, 3.8) is 0 Å². The highest BCUT2D eigenvalue weighted by Gasteiger charge is 2.08. The van der Waals surface area contributed by atoms with Crippen LogP contribution < -0.4 is 5.32 Å². The van der Waals surface area contributed by atoms with E-state index >= 15 is 0 Å². The average molecular weight is 318 g/mol. The standard InChI is InChI=1S/C16H18N2O3S/c19-14(10-12-6-2-1-3-7-12)18-16-17-13(11-22-16)8-4-5-9-15(20)21/h1-3,6-7,11H,4-5,8-10H2,(H,20,21)(H,17,18,19). The molecule has 0 bridgehead atoms. The number of carboxylic acids is 1. The first-order valence-corrected chi connectivity index (χ1v) is 8.01. The fourth-order valence-electron chi connectivity index (χ4n) is 2.01. The zero-order chi connectivity index (χ0) is 15.8. The zero-order valence-corrected chi connectivity index (χ0v) is 12.9. The third kappa shape index (κ3) is 5.65. The van der Waals surface area contributed by atoms with E-state index in [0.29, 0.717) is 18.0 Å². The molecule has 0 fully saturated rings. The van der Waals surface area contributed by atoms with Crippen LogP contribution in [0.1, 0.15) is 30.5 Å². The number of nitrogens with one attached hydrogen (secondary N) is 1. The largest absolute Gasteiger partial charge is 0.481 e. The van der Waals surface area contributed by atoms with Gasteiger partial charge in [-0.3, -0.25) is 9.59 Å². The van der Waals surface area contributed by atoms with Gasteiger partial charge in [-0.2, -0.15) is 0 Å². The van der Waals surface area contributed by atoms with Gasteiger partial charge in [0.15, 0.2) is 5.13 Å². The van der Waals surface area contributed by atoms with Crippen molar-refractivity contribution in [2.24, 2.45) is 0 Å². The molecule has 1 amide bonds. The van der Waals surface area contributed by atoms with Crippen LogP contribution in [0, 0.1) is 0 Å². The smallest absolute Gasteiger partial charge is 0.303 e. The van der Waals surface area contributed by atoms with Gasteiger partial charge in [0.25, 0.3) is 0 Å². The number of aryl methyl sites for hydroxylation is 1. The molecule has 2 N–H and O–H groups in total. The Bertz CT molecular complexity index is 625. The fourth-order valence-corrected chi connectivity index (χ4v) is 2.77. The fraction of sp³-hybridized carbons (Fsp3) is 0.312. The van der Waals surface area contributed by atoms with Crippen molar-refractivity contribution in [1.29, 1.82) is 0 Å². The lowest BCUT2D eigenvalue weighted by molar-refractivity contribution is -0.137. The van der Waals surface area contributed by atoms with Gasteiger partial charge in [-0.25, -0.2) is 4.98 Å². The second kappa shape index (κ2) is 8.29. The summed E-state index contributed by atoms with van der Waals surface area (Å²) in [5, 5.41) is 13.9. The van der Waals surface area contributed by atoms with Crippen LogP contribution in [0.3, 0.4) is 0 Å². The van der Waals surface area contributed by atoms with Crippen molar-refractivity contribution in [1.82, 2.24) is 4.98 Å². The molecule has 0 saturated heterocycles. The van der Waals surface area contributed by atoms with E-state index in [2.05, 4.69) is 10.3 Å². The Morgan fingerprint density at radius 3 is 2.68 bits per heavy atom. The van der Waals surface area contributed by atoms with Crippen molar-refractivity contribution in [3.8, 4) is 0 Å². The molecular weight excluding hydrogens is 300 g/mol. The first-order chi connectivity index (χ1) is 10.6. The van der Waals surface area contributed by atoms with E-state index in [4.69, 9.17) is 5.11 Å². The highest BCUT2D eigenvalue weighted by Crippen LogP contribution is 2.17. The molecule has 0 aliphatic rings. The number of aliphatic carboxylic acids is 1. The van der Waals surface area contributed by atoms with Gasteiger partial charge in [0.2, 0.25) is 5.91 Å². The van der Waals surface area contributed by atoms with Crippen molar-refractivity contribution < 1.29 is 14.7 Å². The van der Waals surface area contributed by atoms with Crippen LogP contribution in [0.5, 0.6) is 0 Å². The van der Waals surface area contributed by atoms with Crippen LogP contribution in [0.2, 0.25) is 0 Å². The van der Waals surface area contributed by atoms with Crippen LogP contribution >= 0.6 is 11.3 Å². The first-order valence-electron chi connectivity index (χ1n) is 7.13. The summed E-state index contributed by atoms with van der Waals surface area (Å²) in [7, 11) is 0. The van der Waals surface area contributed by atoms with E-state index in [0.717, 1.165) is 24.1 Å². The van der Waals surface area contributed by atoms with Gasteiger partial charge in [-0.1, -0.05) is 30.3 Å². The van der Waals surface area contributed by atoms with Crippen LogP contribution in [-0.4, -0.2) is 22.0 Å². The maximum Gasteiger partial charge on any atom is 0.303 e. The summed E-state index contributed by atoms with van der Waals surface area (Å²) in [5.41, 5.74) is 1.86. The molecule has 0 atom stereocenters. The lowest BCUT2D eigenvalue weighted by Gasteiger charge is -2.01. The molecular formula is C16H18N2O3S. The number of carbonyl (C=O) groups is 2. The molecule has 0 aliphatic heterocycles. The van der Waals surface area contributed by atoms with E-state index < -0.39 is 5.97 Å². The molecule has 0 radical (unpaired) electrons. The van der Waals surface area contributed by atoms with Gasteiger partial charge in [-0.15, -0.1) is 11.3 Å². The van der Waals surface area contributed by atoms with Crippen molar-refractivity contribution in [3.05, 3.63) is 47.0 Å². The molecule has 5 nitrogen and oxygen atoms in total. The molecule has 0 aliphatic carbocycles. The highest BCUT2D eigenvalue weighted by molar-refractivity contribution is 7.13. The molecule has 116 valence electrons. The Labute approximate surface area is 133 Å². The Morgan fingerprint density at radius 2 is 1.95 bits per heavy atom. The Hall–Kier alpha value is -2.21. The highest BCUT2D eigenvalue weighted by atomic mass is 32.1. The number of aromatic nitrogens is 1. The van der Waals surface area contributed by atoms with Crippen LogP contribution in [0.4, 0.5) is 5.13 Å². The van der Waals surface area contributed by atoms with Crippen LogP contribution in [0.15, 0.2) is 35.7 Å². The average Bonchev–Trinajstić information content (AvgIpc) is 2.92. The van der Waals surface area contributed by atoms with E-state index in [1.807, 2.05) is 35.7 Å². The predicted molar refractivity (Wildman–Crippen MR) is 86.1 cm³/mol. The number of thiazole rings is 1. The summed E-state index contributed by atoms with van der Waals surface area (Å²) in [6.07, 6.45) is 2.67. The summed E-state index contributed by atoms with van der Waals surface area (Å²) in [4.78, 5) is 26.7. The van der Waals surface area contributed by atoms with E-state index in [1.165, 1.54) is 11.3 Å². The Balaban J connectivity index is 1.76. The van der Waals surface area contributed by atoms with E-state index in [1.54, 1.807) is 0 Å². The lowest BCUT2D eigenvalue weighted by atomic mass is 10.1. The normalized spacial score (nSPS) is 10.4. The molecule has 6 heteroatoms. The molecule has 0 saturated carbocycles.